The van der Waals surface area contributed by atoms with Crippen molar-refractivity contribution < 1.29 is 4.42 Å². The lowest BCUT2D eigenvalue weighted by atomic mass is 10.0. The maximum Gasteiger partial charge on any atom is 0.125 e. The molecule has 2 N–H and O–H groups in total. The number of nitrogens with two attached hydrogens (primary N) is 1. The largest absolute Gasteiger partial charge is 0.464 e. The number of furan rings is 1. The Hall–Kier alpha value is -2.32. The second-order valence-electron chi connectivity index (χ2n) is 5.12. The molecule has 3 rings (SSSR count). The van der Waals surface area contributed by atoms with E-state index in [1.54, 1.807) is 0 Å². The topological polar surface area (TPSA) is 39.2 Å². The van der Waals surface area contributed by atoms with Crippen LogP contribution in [0.3, 0.4) is 0 Å². The third-order valence-electron chi connectivity index (χ3n) is 3.71. The lowest BCUT2D eigenvalue weighted by Crippen LogP contribution is -2.10. The van der Waals surface area contributed by atoms with Gasteiger partial charge in [-0.05, 0) is 28.8 Å². The summed E-state index contributed by atoms with van der Waals surface area (Å²) in [4.78, 5) is 0. The van der Waals surface area contributed by atoms with Gasteiger partial charge < -0.3 is 10.2 Å². The molecule has 0 fully saturated rings. The van der Waals surface area contributed by atoms with Crippen LogP contribution in [0.4, 0.5) is 0 Å². The molecular formula is C19H19NO. The standard InChI is InChI=1S/C19H19NO/c1-2-17-12-13-18(21-17)19(20)16-10-8-15(9-11-16)14-6-4-3-5-7-14/h3-13,19H,2,20H2,1H3. The first-order chi connectivity index (χ1) is 10.3. The molecule has 2 heteroatoms. The molecule has 0 bridgehead atoms. The molecular weight excluding hydrogens is 258 g/mol. The van der Waals surface area contributed by atoms with E-state index in [2.05, 4.69) is 43.3 Å². The summed E-state index contributed by atoms with van der Waals surface area (Å²) in [5, 5.41) is 0. The van der Waals surface area contributed by atoms with E-state index in [9.17, 15) is 0 Å². The first kappa shape index (κ1) is 13.7. The highest BCUT2D eigenvalue weighted by Crippen LogP contribution is 2.25. The third kappa shape index (κ3) is 2.91. The zero-order valence-corrected chi connectivity index (χ0v) is 12.1. The summed E-state index contributed by atoms with van der Waals surface area (Å²) in [6.45, 7) is 2.07. The van der Waals surface area contributed by atoms with Gasteiger partial charge in [0.05, 0.1) is 6.04 Å². The minimum absolute atomic E-state index is 0.213. The Bertz CT molecular complexity index is 698. The summed E-state index contributed by atoms with van der Waals surface area (Å²) in [5.74, 6) is 1.79. The summed E-state index contributed by atoms with van der Waals surface area (Å²) in [6.07, 6.45) is 0.889. The van der Waals surface area contributed by atoms with E-state index < -0.39 is 0 Å². The number of aryl methyl sites for hydroxylation is 1. The van der Waals surface area contributed by atoms with Crippen molar-refractivity contribution in [2.24, 2.45) is 5.73 Å². The fourth-order valence-corrected chi connectivity index (χ4v) is 2.43. The maximum absolute atomic E-state index is 6.28. The van der Waals surface area contributed by atoms with Crippen molar-refractivity contribution in [3.8, 4) is 11.1 Å². The SMILES string of the molecule is CCc1ccc(C(N)c2ccc(-c3ccccc3)cc2)o1. The molecule has 0 radical (unpaired) electrons. The summed E-state index contributed by atoms with van der Waals surface area (Å²) in [7, 11) is 0. The molecule has 3 aromatic rings. The molecule has 2 aromatic carbocycles. The molecule has 2 nitrogen and oxygen atoms in total. The van der Waals surface area contributed by atoms with Crippen molar-refractivity contribution >= 4 is 0 Å². The van der Waals surface area contributed by atoms with Gasteiger partial charge in [-0.15, -0.1) is 0 Å². The highest BCUT2D eigenvalue weighted by Gasteiger charge is 2.13. The zero-order chi connectivity index (χ0) is 14.7. The lowest BCUT2D eigenvalue weighted by molar-refractivity contribution is 0.454. The fraction of sp³-hybridized carbons (Fsp3) is 0.158. The summed E-state index contributed by atoms with van der Waals surface area (Å²) < 4.78 is 5.74. The normalized spacial score (nSPS) is 12.3. The van der Waals surface area contributed by atoms with Crippen molar-refractivity contribution in [2.45, 2.75) is 19.4 Å². The fourth-order valence-electron chi connectivity index (χ4n) is 2.43. The van der Waals surface area contributed by atoms with Gasteiger partial charge in [0.2, 0.25) is 0 Å². The molecule has 0 aliphatic heterocycles. The van der Waals surface area contributed by atoms with Crippen LogP contribution in [0.25, 0.3) is 11.1 Å². The predicted octanol–water partition coefficient (Wildman–Crippen LogP) is 4.56. The van der Waals surface area contributed by atoms with E-state index in [1.807, 2.05) is 30.3 Å². The van der Waals surface area contributed by atoms with Crippen LogP contribution in [0.15, 0.2) is 71.1 Å². The Kier molecular flexibility index (Phi) is 3.89. The van der Waals surface area contributed by atoms with Crippen molar-refractivity contribution in [2.75, 3.05) is 0 Å². The minimum atomic E-state index is -0.213. The van der Waals surface area contributed by atoms with Gasteiger partial charge in [0.15, 0.2) is 0 Å². The maximum atomic E-state index is 6.28. The van der Waals surface area contributed by atoms with Crippen LogP contribution in [0.1, 0.15) is 30.0 Å². The number of rotatable bonds is 4. The Morgan fingerprint density at radius 1 is 0.857 bits per heavy atom. The number of hydrogen-bond acceptors (Lipinski definition) is 2. The monoisotopic (exact) mass is 277 g/mol. The van der Waals surface area contributed by atoms with Crippen molar-refractivity contribution in [3.05, 3.63) is 83.8 Å². The smallest absolute Gasteiger partial charge is 0.125 e. The molecule has 0 spiro atoms. The van der Waals surface area contributed by atoms with Gasteiger partial charge in [0, 0.05) is 6.42 Å². The van der Waals surface area contributed by atoms with E-state index in [0.717, 1.165) is 23.5 Å². The molecule has 1 heterocycles. The number of benzene rings is 2. The van der Waals surface area contributed by atoms with Crippen molar-refractivity contribution in [1.29, 1.82) is 0 Å². The molecule has 0 amide bonds. The average molecular weight is 277 g/mol. The van der Waals surface area contributed by atoms with E-state index in [1.165, 1.54) is 11.1 Å². The lowest BCUT2D eigenvalue weighted by Gasteiger charge is -2.10. The third-order valence-corrected chi connectivity index (χ3v) is 3.71. The summed E-state index contributed by atoms with van der Waals surface area (Å²) in [6, 6.07) is 22.4. The molecule has 1 atom stereocenters. The van der Waals surface area contributed by atoms with E-state index in [4.69, 9.17) is 10.2 Å². The van der Waals surface area contributed by atoms with Crippen LogP contribution >= 0.6 is 0 Å². The van der Waals surface area contributed by atoms with Gasteiger partial charge in [-0.1, -0.05) is 61.5 Å². The van der Waals surface area contributed by atoms with Crippen LogP contribution in [0.2, 0.25) is 0 Å². The quantitative estimate of drug-likeness (QED) is 0.759. The highest BCUT2D eigenvalue weighted by molar-refractivity contribution is 5.63. The Balaban J connectivity index is 1.83. The zero-order valence-electron chi connectivity index (χ0n) is 12.1. The summed E-state index contributed by atoms with van der Waals surface area (Å²) in [5.41, 5.74) is 9.75. The van der Waals surface area contributed by atoms with Gasteiger partial charge in [-0.3, -0.25) is 0 Å². The van der Waals surface area contributed by atoms with Crippen LogP contribution in [0, 0.1) is 0 Å². The van der Waals surface area contributed by atoms with Crippen LogP contribution < -0.4 is 5.73 Å². The van der Waals surface area contributed by atoms with Gasteiger partial charge in [-0.2, -0.15) is 0 Å². The van der Waals surface area contributed by atoms with Crippen LogP contribution in [0.5, 0.6) is 0 Å². The first-order valence-corrected chi connectivity index (χ1v) is 7.27. The average Bonchev–Trinajstić information content (AvgIpc) is 3.04. The molecule has 1 aromatic heterocycles. The highest BCUT2D eigenvalue weighted by atomic mass is 16.3. The van der Waals surface area contributed by atoms with E-state index >= 15 is 0 Å². The molecule has 0 saturated heterocycles. The minimum Gasteiger partial charge on any atom is -0.464 e. The molecule has 0 saturated carbocycles. The van der Waals surface area contributed by atoms with Gasteiger partial charge in [0.1, 0.15) is 11.5 Å². The Labute approximate surface area is 125 Å². The van der Waals surface area contributed by atoms with Gasteiger partial charge >= 0.3 is 0 Å². The second-order valence-corrected chi connectivity index (χ2v) is 5.12. The van der Waals surface area contributed by atoms with E-state index in [0.29, 0.717) is 0 Å². The van der Waals surface area contributed by atoms with Gasteiger partial charge in [-0.25, -0.2) is 0 Å². The Morgan fingerprint density at radius 3 is 2.14 bits per heavy atom. The molecule has 106 valence electrons. The number of hydrogen-bond donors (Lipinski definition) is 1. The van der Waals surface area contributed by atoms with Crippen molar-refractivity contribution in [3.63, 3.8) is 0 Å². The van der Waals surface area contributed by atoms with Crippen molar-refractivity contribution in [1.82, 2.24) is 0 Å². The second kappa shape index (κ2) is 5.98. The summed E-state index contributed by atoms with van der Waals surface area (Å²) >= 11 is 0. The molecule has 0 aliphatic carbocycles. The Morgan fingerprint density at radius 2 is 1.52 bits per heavy atom. The first-order valence-electron chi connectivity index (χ1n) is 7.27. The van der Waals surface area contributed by atoms with Crippen LogP contribution in [-0.2, 0) is 6.42 Å². The van der Waals surface area contributed by atoms with Crippen LogP contribution in [-0.4, -0.2) is 0 Å². The van der Waals surface area contributed by atoms with Gasteiger partial charge in [0.25, 0.3) is 0 Å². The van der Waals surface area contributed by atoms with E-state index in [-0.39, 0.29) is 6.04 Å². The molecule has 0 aliphatic rings. The molecule has 21 heavy (non-hydrogen) atoms. The molecule has 1 unspecified atom stereocenters. The predicted molar refractivity (Wildman–Crippen MR) is 86.0 cm³/mol.